The standard InChI is InChI=1S/C10H12BrFN2/c1-5(2)7-10(12)14-8(6-3-4-6)9(11)13-7/h5-6H,3-4H2,1-2H3. The molecule has 1 aromatic rings. The Kier molecular flexibility index (Phi) is 2.56. The molecular weight excluding hydrogens is 247 g/mol. The highest BCUT2D eigenvalue weighted by Crippen LogP contribution is 2.42. The fraction of sp³-hybridized carbons (Fsp3) is 0.600. The first-order valence-electron chi connectivity index (χ1n) is 4.82. The molecule has 0 bridgehead atoms. The molecule has 2 rings (SSSR count). The summed E-state index contributed by atoms with van der Waals surface area (Å²) >= 11 is 3.35. The van der Waals surface area contributed by atoms with Crippen LogP contribution in [0.3, 0.4) is 0 Å². The largest absolute Gasteiger partial charge is 0.239 e. The topological polar surface area (TPSA) is 25.8 Å². The number of halogens is 2. The van der Waals surface area contributed by atoms with Crippen molar-refractivity contribution in [1.29, 1.82) is 0 Å². The molecule has 0 amide bonds. The summed E-state index contributed by atoms with van der Waals surface area (Å²) < 4.78 is 14.2. The van der Waals surface area contributed by atoms with Gasteiger partial charge in [0.1, 0.15) is 4.60 Å². The van der Waals surface area contributed by atoms with E-state index >= 15 is 0 Å². The van der Waals surface area contributed by atoms with Crippen molar-refractivity contribution in [3.63, 3.8) is 0 Å². The summed E-state index contributed by atoms with van der Waals surface area (Å²) in [6.07, 6.45) is 2.21. The maximum Gasteiger partial charge on any atom is 0.235 e. The van der Waals surface area contributed by atoms with Gasteiger partial charge in [-0.3, -0.25) is 0 Å². The van der Waals surface area contributed by atoms with Gasteiger partial charge in [0, 0.05) is 11.8 Å². The quantitative estimate of drug-likeness (QED) is 0.813. The molecule has 1 aliphatic rings. The zero-order chi connectivity index (χ0) is 10.3. The van der Waals surface area contributed by atoms with Crippen LogP contribution in [-0.4, -0.2) is 9.97 Å². The van der Waals surface area contributed by atoms with Gasteiger partial charge < -0.3 is 0 Å². The third-order valence-corrected chi connectivity index (χ3v) is 2.95. The van der Waals surface area contributed by atoms with Gasteiger partial charge in [-0.2, -0.15) is 4.39 Å². The van der Waals surface area contributed by atoms with E-state index in [1.807, 2.05) is 13.8 Å². The minimum Gasteiger partial charge on any atom is -0.239 e. The molecule has 2 nitrogen and oxygen atoms in total. The highest BCUT2D eigenvalue weighted by atomic mass is 79.9. The molecule has 4 heteroatoms. The van der Waals surface area contributed by atoms with Crippen LogP contribution >= 0.6 is 15.9 Å². The number of hydrogen-bond donors (Lipinski definition) is 0. The Balaban J connectivity index is 2.43. The van der Waals surface area contributed by atoms with Crippen LogP contribution in [0.5, 0.6) is 0 Å². The maximum atomic E-state index is 13.5. The van der Waals surface area contributed by atoms with Gasteiger partial charge in [0.15, 0.2) is 0 Å². The second-order valence-corrected chi connectivity index (χ2v) is 4.76. The van der Waals surface area contributed by atoms with E-state index in [1.54, 1.807) is 0 Å². The molecule has 0 N–H and O–H groups in total. The predicted octanol–water partition coefficient (Wildman–Crippen LogP) is 3.38. The Hall–Kier alpha value is -0.510. The third kappa shape index (κ3) is 1.80. The lowest BCUT2D eigenvalue weighted by molar-refractivity contribution is 0.534. The summed E-state index contributed by atoms with van der Waals surface area (Å²) in [7, 11) is 0. The molecule has 1 saturated carbocycles. The van der Waals surface area contributed by atoms with Crippen LogP contribution < -0.4 is 0 Å². The van der Waals surface area contributed by atoms with Crippen molar-refractivity contribution < 1.29 is 4.39 Å². The van der Waals surface area contributed by atoms with Gasteiger partial charge in [-0.05, 0) is 28.8 Å². The molecular formula is C10H12BrFN2. The lowest BCUT2D eigenvalue weighted by Gasteiger charge is -2.08. The summed E-state index contributed by atoms with van der Waals surface area (Å²) in [5.74, 6) is 0.0877. The number of nitrogens with zero attached hydrogens (tertiary/aromatic N) is 2. The van der Waals surface area contributed by atoms with E-state index in [4.69, 9.17) is 0 Å². The van der Waals surface area contributed by atoms with Crippen molar-refractivity contribution in [2.45, 2.75) is 38.5 Å². The zero-order valence-corrected chi connectivity index (χ0v) is 9.81. The van der Waals surface area contributed by atoms with Crippen molar-refractivity contribution in [3.8, 4) is 0 Å². The molecule has 0 aromatic carbocycles. The van der Waals surface area contributed by atoms with Crippen LogP contribution in [0.2, 0.25) is 0 Å². The number of aromatic nitrogens is 2. The van der Waals surface area contributed by atoms with Gasteiger partial charge in [0.05, 0.1) is 11.4 Å². The molecule has 1 aromatic heterocycles. The van der Waals surface area contributed by atoms with Gasteiger partial charge in [0.25, 0.3) is 0 Å². The molecule has 0 unspecified atom stereocenters. The van der Waals surface area contributed by atoms with Crippen LogP contribution in [0.4, 0.5) is 4.39 Å². The smallest absolute Gasteiger partial charge is 0.235 e. The Labute approximate surface area is 91.1 Å². The lowest BCUT2D eigenvalue weighted by Crippen LogP contribution is -2.04. The molecule has 1 fully saturated rings. The van der Waals surface area contributed by atoms with E-state index in [0.717, 1.165) is 18.5 Å². The van der Waals surface area contributed by atoms with Gasteiger partial charge in [0.2, 0.25) is 5.95 Å². The first kappa shape index (κ1) is 10.0. The number of rotatable bonds is 2. The Morgan fingerprint density at radius 2 is 2.00 bits per heavy atom. The van der Waals surface area contributed by atoms with Crippen LogP contribution in [0, 0.1) is 5.95 Å². The SMILES string of the molecule is CC(C)c1nc(Br)c(C2CC2)nc1F. The second-order valence-electron chi connectivity index (χ2n) is 4.00. The molecule has 0 saturated heterocycles. The summed E-state index contributed by atoms with van der Waals surface area (Å²) in [6.45, 7) is 3.83. The van der Waals surface area contributed by atoms with Crippen molar-refractivity contribution in [2.24, 2.45) is 0 Å². The molecule has 1 aliphatic carbocycles. The van der Waals surface area contributed by atoms with Gasteiger partial charge in [-0.25, -0.2) is 9.97 Å². The predicted molar refractivity (Wildman–Crippen MR) is 55.8 cm³/mol. The first-order valence-corrected chi connectivity index (χ1v) is 5.61. The van der Waals surface area contributed by atoms with Crippen molar-refractivity contribution in [1.82, 2.24) is 9.97 Å². The molecule has 0 radical (unpaired) electrons. The molecule has 14 heavy (non-hydrogen) atoms. The van der Waals surface area contributed by atoms with Crippen molar-refractivity contribution >= 4 is 15.9 Å². The highest BCUT2D eigenvalue weighted by Gasteiger charge is 2.29. The van der Waals surface area contributed by atoms with Crippen LogP contribution in [-0.2, 0) is 0 Å². The normalized spacial score (nSPS) is 16.4. The Bertz CT molecular complexity index is 334. The third-order valence-electron chi connectivity index (χ3n) is 2.37. The molecule has 0 atom stereocenters. The van der Waals surface area contributed by atoms with Crippen molar-refractivity contribution in [3.05, 3.63) is 21.9 Å². The summed E-state index contributed by atoms with van der Waals surface area (Å²) in [4.78, 5) is 8.19. The van der Waals surface area contributed by atoms with Crippen LogP contribution in [0.25, 0.3) is 0 Å². The fourth-order valence-corrected chi connectivity index (χ4v) is 2.01. The fourth-order valence-electron chi connectivity index (χ4n) is 1.40. The van der Waals surface area contributed by atoms with E-state index in [1.165, 1.54) is 0 Å². The van der Waals surface area contributed by atoms with Gasteiger partial charge >= 0.3 is 0 Å². The summed E-state index contributed by atoms with van der Waals surface area (Å²) in [6, 6.07) is 0. The molecule has 76 valence electrons. The first-order chi connectivity index (χ1) is 6.59. The van der Waals surface area contributed by atoms with Gasteiger partial charge in [-0.1, -0.05) is 13.8 Å². The molecule has 0 spiro atoms. The minimum atomic E-state index is -0.412. The van der Waals surface area contributed by atoms with E-state index in [-0.39, 0.29) is 5.92 Å². The maximum absolute atomic E-state index is 13.5. The van der Waals surface area contributed by atoms with Crippen LogP contribution in [0.15, 0.2) is 4.60 Å². The zero-order valence-electron chi connectivity index (χ0n) is 8.22. The van der Waals surface area contributed by atoms with Gasteiger partial charge in [-0.15, -0.1) is 0 Å². The van der Waals surface area contributed by atoms with E-state index < -0.39 is 5.95 Å². The minimum absolute atomic E-state index is 0.0760. The highest BCUT2D eigenvalue weighted by molar-refractivity contribution is 9.10. The molecule has 0 aliphatic heterocycles. The monoisotopic (exact) mass is 258 g/mol. The Morgan fingerprint density at radius 3 is 2.50 bits per heavy atom. The van der Waals surface area contributed by atoms with E-state index in [2.05, 4.69) is 25.9 Å². The lowest BCUT2D eigenvalue weighted by atomic mass is 10.1. The number of hydrogen-bond acceptors (Lipinski definition) is 2. The summed E-state index contributed by atoms with van der Waals surface area (Å²) in [5.41, 5.74) is 1.23. The van der Waals surface area contributed by atoms with Crippen LogP contribution in [0.1, 0.15) is 49.9 Å². The van der Waals surface area contributed by atoms with E-state index in [9.17, 15) is 4.39 Å². The summed E-state index contributed by atoms with van der Waals surface area (Å²) in [5, 5.41) is 0. The molecule has 1 heterocycles. The van der Waals surface area contributed by atoms with E-state index in [0.29, 0.717) is 16.2 Å². The average Bonchev–Trinajstić information content (AvgIpc) is 2.91. The Morgan fingerprint density at radius 1 is 1.36 bits per heavy atom. The average molecular weight is 259 g/mol. The van der Waals surface area contributed by atoms with Crippen molar-refractivity contribution in [2.75, 3.05) is 0 Å². The second kappa shape index (κ2) is 3.57.